The quantitative estimate of drug-likeness (QED) is 0.600. The Kier molecular flexibility index (Phi) is 7.13. The fourth-order valence-corrected chi connectivity index (χ4v) is 3.92. The van der Waals surface area contributed by atoms with Crippen LogP contribution in [0.3, 0.4) is 0 Å². The van der Waals surface area contributed by atoms with Crippen molar-refractivity contribution in [3.8, 4) is 11.5 Å². The highest BCUT2D eigenvalue weighted by Crippen LogP contribution is 2.35. The topological polar surface area (TPSA) is 114 Å². The van der Waals surface area contributed by atoms with Gasteiger partial charge in [-0.3, -0.25) is 9.59 Å². The van der Waals surface area contributed by atoms with Crippen LogP contribution >= 0.6 is 11.8 Å². The Morgan fingerprint density at radius 3 is 2.27 bits per heavy atom. The Bertz CT molecular complexity index is 622. The number of hydrogen-bond acceptors (Lipinski definition) is 8. The van der Waals surface area contributed by atoms with Gasteiger partial charge < -0.3 is 29.7 Å². The molecular weight excluding hydrogens is 362 g/mol. The maximum Gasteiger partial charge on any atom is 0.302 e. The lowest BCUT2D eigenvalue weighted by atomic mass is 10.0. The van der Waals surface area contributed by atoms with E-state index in [-0.39, 0.29) is 12.5 Å². The zero-order valence-electron chi connectivity index (χ0n) is 14.7. The first-order valence-electron chi connectivity index (χ1n) is 8.04. The summed E-state index contributed by atoms with van der Waals surface area (Å²) in [4.78, 5) is 22.5. The number of methoxy groups -OCH3 is 1. The van der Waals surface area contributed by atoms with E-state index in [9.17, 15) is 19.8 Å². The molecule has 0 spiro atoms. The van der Waals surface area contributed by atoms with E-state index < -0.39 is 34.9 Å². The largest absolute Gasteiger partial charge is 0.497 e. The molecule has 8 nitrogen and oxygen atoms in total. The third-order valence-corrected chi connectivity index (χ3v) is 5.26. The van der Waals surface area contributed by atoms with E-state index in [1.165, 1.54) is 25.6 Å². The van der Waals surface area contributed by atoms with Crippen molar-refractivity contribution in [1.82, 2.24) is 5.32 Å². The molecule has 0 bridgehead atoms. The van der Waals surface area contributed by atoms with E-state index in [1.54, 1.807) is 31.4 Å². The van der Waals surface area contributed by atoms with Crippen molar-refractivity contribution < 1.29 is 34.0 Å². The average Bonchev–Trinajstić information content (AvgIpc) is 2.60. The molecule has 1 aliphatic rings. The molecule has 1 heterocycles. The number of esters is 1. The highest BCUT2D eigenvalue weighted by atomic mass is 32.2. The minimum absolute atomic E-state index is 0.0759. The second-order valence-corrected chi connectivity index (χ2v) is 7.19. The molecule has 0 aromatic heterocycles. The van der Waals surface area contributed by atoms with Crippen molar-refractivity contribution in [2.24, 2.45) is 0 Å². The summed E-state index contributed by atoms with van der Waals surface area (Å²) >= 11 is 1.18. The zero-order valence-corrected chi connectivity index (χ0v) is 15.6. The minimum Gasteiger partial charge on any atom is -0.497 e. The van der Waals surface area contributed by atoms with Crippen molar-refractivity contribution in [2.45, 2.75) is 42.8 Å². The molecule has 0 radical (unpaired) electrons. The predicted molar refractivity (Wildman–Crippen MR) is 95.0 cm³/mol. The first kappa shape index (κ1) is 20.3. The van der Waals surface area contributed by atoms with Crippen LogP contribution in [0.15, 0.2) is 24.3 Å². The number of aliphatic hydroxyl groups excluding tert-OH is 2. The van der Waals surface area contributed by atoms with Gasteiger partial charge in [0.1, 0.15) is 30.3 Å². The minimum atomic E-state index is -1.27. The van der Waals surface area contributed by atoms with E-state index in [4.69, 9.17) is 14.2 Å². The van der Waals surface area contributed by atoms with Gasteiger partial charge in [0.05, 0.1) is 18.5 Å². The van der Waals surface area contributed by atoms with Crippen molar-refractivity contribution >= 4 is 23.6 Å². The van der Waals surface area contributed by atoms with Gasteiger partial charge in [-0.15, -0.1) is 11.8 Å². The molecule has 3 N–H and O–H groups in total. The number of hydrogen-bond donors (Lipinski definition) is 3. The third kappa shape index (κ3) is 5.26. The van der Waals surface area contributed by atoms with Gasteiger partial charge in [0.15, 0.2) is 5.44 Å². The highest BCUT2D eigenvalue weighted by molar-refractivity contribution is 8.00. The number of nitrogens with one attached hydrogen (secondary N) is 1. The Morgan fingerprint density at radius 2 is 1.73 bits per heavy atom. The second kappa shape index (κ2) is 9.11. The lowest BCUT2D eigenvalue weighted by Crippen LogP contribution is -2.61. The van der Waals surface area contributed by atoms with Crippen LogP contribution in [0.5, 0.6) is 11.5 Å². The van der Waals surface area contributed by atoms with E-state index in [0.717, 1.165) is 0 Å². The Morgan fingerprint density at radius 1 is 1.12 bits per heavy atom. The third-order valence-electron chi connectivity index (χ3n) is 3.83. The number of carbonyl (C=O) groups is 2. The van der Waals surface area contributed by atoms with Crippen LogP contribution in [-0.2, 0) is 14.3 Å². The monoisotopic (exact) mass is 385 g/mol. The van der Waals surface area contributed by atoms with Crippen molar-refractivity contribution in [2.75, 3.05) is 13.7 Å². The molecule has 1 aromatic carbocycles. The van der Waals surface area contributed by atoms with Gasteiger partial charge in [0.25, 0.3) is 0 Å². The Balaban J connectivity index is 2.17. The van der Waals surface area contributed by atoms with Gasteiger partial charge in [-0.1, -0.05) is 0 Å². The normalized spacial score (nSPS) is 28.1. The summed E-state index contributed by atoms with van der Waals surface area (Å²) < 4.78 is 16.0. The van der Waals surface area contributed by atoms with Gasteiger partial charge in [-0.05, 0) is 24.3 Å². The zero-order chi connectivity index (χ0) is 19.3. The summed E-state index contributed by atoms with van der Waals surface area (Å²) in [5.74, 6) is 0.330. The number of aliphatic hydroxyl groups is 2. The number of carbonyl (C=O) groups excluding carboxylic acids is 2. The molecule has 2 rings (SSSR count). The molecule has 0 aliphatic carbocycles. The smallest absolute Gasteiger partial charge is 0.302 e. The van der Waals surface area contributed by atoms with Gasteiger partial charge in [0, 0.05) is 13.8 Å². The summed E-state index contributed by atoms with van der Waals surface area (Å²) in [6.45, 7) is 2.51. The number of amides is 1. The van der Waals surface area contributed by atoms with Gasteiger partial charge in [-0.2, -0.15) is 0 Å². The summed E-state index contributed by atoms with van der Waals surface area (Å²) in [6, 6.07) is 6.00. The van der Waals surface area contributed by atoms with Crippen molar-refractivity contribution in [3.63, 3.8) is 0 Å². The van der Waals surface area contributed by atoms with Crippen molar-refractivity contribution in [1.29, 1.82) is 0 Å². The first-order valence-corrected chi connectivity index (χ1v) is 8.99. The molecule has 9 heteroatoms. The number of rotatable bonds is 6. The van der Waals surface area contributed by atoms with Gasteiger partial charge in [-0.25, -0.2) is 0 Å². The maximum atomic E-state index is 11.5. The van der Waals surface area contributed by atoms with E-state index >= 15 is 0 Å². The summed E-state index contributed by atoms with van der Waals surface area (Å²) in [5.41, 5.74) is -0.689. The average molecular weight is 385 g/mol. The molecule has 144 valence electrons. The van der Waals surface area contributed by atoms with Crippen LogP contribution < -0.4 is 14.8 Å². The number of thioether (sulfide) groups is 1. The van der Waals surface area contributed by atoms with Crippen LogP contribution in [0, 0.1) is 0 Å². The van der Waals surface area contributed by atoms with Crippen LogP contribution in [-0.4, -0.2) is 64.7 Å². The highest BCUT2D eigenvalue weighted by Gasteiger charge is 2.46. The van der Waals surface area contributed by atoms with Gasteiger partial charge >= 0.3 is 5.97 Å². The van der Waals surface area contributed by atoms with Crippen LogP contribution in [0.2, 0.25) is 0 Å². The molecule has 0 saturated carbocycles. The summed E-state index contributed by atoms with van der Waals surface area (Å²) in [7, 11) is 1.55. The second-order valence-electron chi connectivity index (χ2n) is 5.85. The number of benzene rings is 1. The standard InChI is InChI=1S/C17H23NO7S/c1-9(19)18-14-16(22)15(21)13(8-24-10(2)20)26-17(14)25-12-6-4-11(23-3)5-7-12/h4-7,13-17,21-22H,8H2,1-3H3,(H,18,19)/t13?,14-,15+,16?,17+/m0/s1. The molecular formula is C17H23NO7S. The van der Waals surface area contributed by atoms with Crippen molar-refractivity contribution in [3.05, 3.63) is 24.3 Å². The fraction of sp³-hybridized carbons (Fsp3) is 0.529. The van der Waals surface area contributed by atoms with E-state index in [0.29, 0.717) is 11.5 Å². The van der Waals surface area contributed by atoms with Gasteiger partial charge in [0.2, 0.25) is 5.91 Å². The lowest BCUT2D eigenvalue weighted by molar-refractivity contribution is -0.142. The number of ether oxygens (including phenoxy) is 3. The van der Waals surface area contributed by atoms with Crippen LogP contribution in [0.4, 0.5) is 0 Å². The molecule has 1 fully saturated rings. The van der Waals surface area contributed by atoms with Crippen LogP contribution in [0.1, 0.15) is 13.8 Å². The SMILES string of the molecule is COc1ccc(O[C@@H]2SC(COC(C)=O)[C@@H](O)C(O)[C@@H]2NC(C)=O)cc1. The molecule has 26 heavy (non-hydrogen) atoms. The Hall–Kier alpha value is -1.97. The maximum absolute atomic E-state index is 11.5. The summed E-state index contributed by atoms with van der Waals surface area (Å²) in [6.07, 6.45) is -2.46. The first-order chi connectivity index (χ1) is 12.3. The Labute approximate surface area is 155 Å². The summed E-state index contributed by atoms with van der Waals surface area (Å²) in [5, 5.41) is 22.8. The molecule has 1 aromatic rings. The van der Waals surface area contributed by atoms with E-state index in [1.807, 2.05) is 0 Å². The molecule has 5 atom stereocenters. The van der Waals surface area contributed by atoms with Crippen LogP contribution in [0.25, 0.3) is 0 Å². The lowest BCUT2D eigenvalue weighted by Gasteiger charge is -2.41. The fourth-order valence-electron chi connectivity index (χ4n) is 2.55. The van der Waals surface area contributed by atoms with E-state index in [2.05, 4.69) is 5.32 Å². The molecule has 1 amide bonds. The molecule has 1 saturated heterocycles. The molecule has 2 unspecified atom stereocenters. The molecule has 1 aliphatic heterocycles. The predicted octanol–water partition coefficient (Wildman–Crippen LogP) is 0.305.